The Bertz CT molecular complexity index is 1440. The van der Waals surface area contributed by atoms with Crippen molar-refractivity contribution in [2.45, 2.75) is 83.6 Å². The number of nitrogens with one attached hydrogen (secondary N) is 4. The molecule has 2 unspecified atom stereocenters. The van der Waals surface area contributed by atoms with Crippen molar-refractivity contribution in [2.75, 3.05) is 39.5 Å². The van der Waals surface area contributed by atoms with Crippen molar-refractivity contribution >= 4 is 29.4 Å². The van der Waals surface area contributed by atoms with Gasteiger partial charge in [-0.05, 0) is 42.7 Å². The van der Waals surface area contributed by atoms with Crippen LogP contribution >= 0.6 is 0 Å². The van der Waals surface area contributed by atoms with E-state index in [4.69, 9.17) is 9.47 Å². The molecule has 4 amide bonds. The number of aryl methyl sites for hydroxylation is 1. The van der Waals surface area contributed by atoms with Gasteiger partial charge in [0.25, 0.3) is 0 Å². The van der Waals surface area contributed by atoms with Gasteiger partial charge in [-0.1, -0.05) is 88.4 Å². The van der Waals surface area contributed by atoms with E-state index in [-0.39, 0.29) is 36.5 Å². The number of hydrogen-bond acceptors (Lipinski definition) is 8. The summed E-state index contributed by atoms with van der Waals surface area (Å²) in [5.41, 5.74) is 0.898. The molecule has 50 heavy (non-hydrogen) atoms. The zero-order valence-corrected chi connectivity index (χ0v) is 29.9. The molecule has 2 heterocycles. The first kappa shape index (κ1) is 38.7. The van der Waals surface area contributed by atoms with Crippen LogP contribution in [0.2, 0.25) is 0 Å². The van der Waals surface area contributed by atoms with Gasteiger partial charge in [-0.25, -0.2) is 0 Å². The molecule has 12 nitrogen and oxygen atoms in total. The number of ketones is 1. The molecule has 2 fully saturated rings. The number of Topliss-reactive ketones (excluding diaryl/α,β-unsaturated/α-hetero) is 1. The molecule has 2 aliphatic rings. The third-order valence-electron chi connectivity index (χ3n) is 9.20. The highest BCUT2D eigenvalue weighted by Crippen LogP contribution is 2.30. The maximum atomic E-state index is 13.9. The molecule has 4 N–H and O–H groups in total. The number of epoxide rings is 1. The Balaban J connectivity index is 1.49. The van der Waals surface area contributed by atoms with Gasteiger partial charge in [0.1, 0.15) is 23.7 Å². The second-order valence-corrected chi connectivity index (χ2v) is 14.1. The summed E-state index contributed by atoms with van der Waals surface area (Å²) in [4.78, 5) is 69.9. The van der Waals surface area contributed by atoms with Gasteiger partial charge in [0.2, 0.25) is 23.6 Å². The number of nitrogens with zero attached hydrogens (tertiary/aromatic N) is 1. The molecular weight excluding hydrogens is 638 g/mol. The Morgan fingerprint density at radius 1 is 0.720 bits per heavy atom. The maximum absolute atomic E-state index is 13.9. The first-order chi connectivity index (χ1) is 23.9. The van der Waals surface area contributed by atoms with E-state index in [0.717, 1.165) is 11.1 Å². The third-order valence-corrected chi connectivity index (χ3v) is 9.20. The summed E-state index contributed by atoms with van der Waals surface area (Å²) in [6.45, 7) is 11.8. The number of hydrogen-bond donors (Lipinski definition) is 4. The molecule has 2 aromatic rings. The average molecular weight is 692 g/mol. The lowest BCUT2D eigenvalue weighted by atomic mass is 9.91. The van der Waals surface area contributed by atoms with Gasteiger partial charge < -0.3 is 30.7 Å². The minimum Gasteiger partial charge on any atom is -0.379 e. The quantitative estimate of drug-likeness (QED) is 0.173. The minimum absolute atomic E-state index is 0.133. The van der Waals surface area contributed by atoms with E-state index in [2.05, 4.69) is 21.3 Å². The van der Waals surface area contributed by atoms with E-state index in [9.17, 15) is 24.0 Å². The van der Waals surface area contributed by atoms with Crippen LogP contribution in [0.5, 0.6) is 0 Å². The minimum atomic E-state index is -1.04. The number of morpholine rings is 1. The van der Waals surface area contributed by atoms with Crippen molar-refractivity contribution in [3.8, 4) is 0 Å². The second-order valence-electron chi connectivity index (χ2n) is 14.1. The van der Waals surface area contributed by atoms with Crippen molar-refractivity contribution in [1.29, 1.82) is 0 Å². The van der Waals surface area contributed by atoms with Crippen molar-refractivity contribution in [1.82, 2.24) is 26.2 Å². The lowest BCUT2D eigenvalue weighted by Gasteiger charge is -2.29. The van der Waals surface area contributed by atoms with Gasteiger partial charge in [0, 0.05) is 19.5 Å². The van der Waals surface area contributed by atoms with E-state index in [1.807, 2.05) is 79.4 Å². The highest BCUT2D eigenvalue weighted by atomic mass is 16.6. The van der Waals surface area contributed by atoms with Crippen molar-refractivity contribution in [2.24, 2.45) is 11.8 Å². The zero-order valence-electron chi connectivity index (χ0n) is 29.9. The molecule has 0 bridgehead atoms. The Morgan fingerprint density at radius 3 is 1.82 bits per heavy atom. The van der Waals surface area contributed by atoms with Crippen LogP contribution in [0, 0.1) is 11.8 Å². The van der Waals surface area contributed by atoms with Gasteiger partial charge in [0.15, 0.2) is 5.78 Å². The number of carbonyl (C=O) groups excluding carboxylic acids is 5. The van der Waals surface area contributed by atoms with Crippen LogP contribution in [0.15, 0.2) is 60.7 Å². The molecule has 0 radical (unpaired) electrons. The molecule has 272 valence electrons. The molecule has 12 heteroatoms. The molecular formula is C38H53N5O7. The van der Waals surface area contributed by atoms with Crippen LogP contribution < -0.4 is 21.3 Å². The predicted molar refractivity (Wildman–Crippen MR) is 189 cm³/mol. The summed E-state index contributed by atoms with van der Waals surface area (Å²) < 4.78 is 10.8. The third kappa shape index (κ3) is 11.5. The van der Waals surface area contributed by atoms with Crippen molar-refractivity contribution < 1.29 is 33.4 Å². The molecule has 0 saturated carbocycles. The largest absolute Gasteiger partial charge is 0.379 e. The topological polar surface area (TPSA) is 158 Å². The van der Waals surface area contributed by atoms with Crippen LogP contribution in [0.3, 0.4) is 0 Å². The molecule has 2 saturated heterocycles. The van der Waals surface area contributed by atoms with Crippen LogP contribution in [0.25, 0.3) is 0 Å². The Kier molecular flexibility index (Phi) is 14.1. The summed E-state index contributed by atoms with van der Waals surface area (Å²) >= 11 is 0. The number of amides is 4. The van der Waals surface area contributed by atoms with Gasteiger partial charge in [0.05, 0.1) is 32.4 Å². The van der Waals surface area contributed by atoms with Crippen LogP contribution in [-0.4, -0.2) is 104 Å². The van der Waals surface area contributed by atoms with Crippen molar-refractivity contribution in [3.05, 3.63) is 71.8 Å². The average Bonchev–Trinajstić information content (AvgIpc) is 3.86. The lowest BCUT2D eigenvalue weighted by Crippen LogP contribution is -2.60. The molecule has 0 aliphatic carbocycles. The number of carbonyl (C=O) groups is 5. The number of benzene rings is 2. The predicted octanol–water partition coefficient (Wildman–Crippen LogP) is 1.80. The van der Waals surface area contributed by atoms with Crippen LogP contribution in [0.1, 0.15) is 52.2 Å². The highest BCUT2D eigenvalue weighted by molar-refractivity contribution is 5.99. The standard InChI is InChI=1S/C38H53N5O7/c1-25(2)32(34(45)38(5)24-50-38)41-36(47)30(22-28-14-10-7-11-15-28)40-37(48)33(26(3)4)42-35(46)29(17-16-27-12-8-6-9-13-27)39-31(44)23-43-18-20-49-21-19-43/h6-15,25-26,29-30,32-33H,16-24H2,1-5H3,(H,39,44)(H,40,48)(H,41,47)(H,42,46)/t29-,30-,32?,33?,38+/m0/s1. The number of rotatable bonds is 18. The Morgan fingerprint density at radius 2 is 1.26 bits per heavy atom. The van der Waals surface area contributed by atoms with E-state index >= 15 is 0 Å². The molecule has 0 spiro atoms. The van der Waals surface area contributed by atoms with Gasteiger partial charge in [-0.15, -0.1) is 0 Å². The Hall–Kier alpha value is -4.13. The molecule has 2 aromatic carbocycles. The molecule has 0 aromatic heterocycles. The fraction of sp³-hybridized carbons (Fsp3) is 0.553. The van der Waals surface area contributed by atoms with Gasteiger partial charge in [-0.2, -0.15) is 0 Å². The van der Waals surface area contributed by atoms with E-state index in [1.54, 1.807) is 20.8 Å². The fourth-order valence-electron chi connectivity index (χ4n) is 5.90. The summed E-state index contributed by atoms with van der Waals surface area (Å²) in [7, 11) is 0. The van der Waals surface area contributed by atoms with Crippen molar-refractivity contribution in [3.63, 3.8) is 0 Å². The first-order valence-electron chi connectivity index (χ1n) is 17.6. The zero-order chi connectivity index (χ0) is 36.3. The SMILES string of the molecule is CC(C)C(NC(=O)[C@H](CCc1ccccc1)NC(=O)CN1CCOCC1)C(=O)N[C@@H](Cc1ccccc1)C(=O)NC(C(=O)[C@@]1(C)CO1)C(C)C. The summed E-state index contributed by atoms with van der Waals surface area (Å²) in [5.74, 6) is -2.61. The summed E-state index contributed by atoms with van der Waals surface area (Å²) in [5, 5.41) is 11.5. The summed E-state index contributed by atoms with van der Waals surface area (Å²) in [6, 6.07) is 15.2. The monoisotopic (exact) mass is 691 g/mol. The molecule has 4 rings (SSSR count). The van der Waals surface area contributed by atoms with Crippen LogP contribution in [0.4, 0.5) is 0 Å². The normalized spacial score (nSPS) is 19.9. The first-order valence-corrected chi connectivity index (χ1v) is 17.6. The molecule has 5 atom stereocenters. The van der Waals surface area contributed by atoms with E-state index in [1.165, 1.54) is 0 Å². The smallest absolute Gasteiger partial charge is 0.243 e. The molecule has 2 aliphatic heterocycles. The number of ether oxygens (including phenoxy) is 2. The fourth-order valence-corrected chi connectivity index (χ4v) is 5.90. The maximum Gasteiger partial charge on any atom is 0.243 e. The summed E-state index contributed by atoms with van der Waals surface area (Å²) in [6.07, 6.45) is 1.03. The lowest BCUT2D eigenvalue weighted by molar-refractivity contribution is -0.136. The highest BCUT2D eigenvalue weighted by Gasteiger charge is 2.51. The van der Waals surface area contributed by atoms with Gasteiger partial charge >= 0.3 is 0 Å². The van der Waals surface area contributed by atoms with Crippen LogP contribution in [-0.2, 0) is 46.3 Å². The van der Waals surface area contributed by atoms with E-state index < -0.39 is 47.5 Å². The Labute approximate surface area is 295 Å². The van der Waals surface area contributed by atoms with Gasteiger partial charge in [-0.3, -0.25) is 28.9 Å². The second kappa shape index (κ2) is 18.2. The van der Waals surface area contributed by atoms with E-state index in [0.29, 0.717) is 45.8 Å².